The van der Waals surface area contributed by atoms with E-state index in [-0.39, 0.29) is 29.8 Å². The van der Waals surface area contributed by atoms with Crippen molar-refractivity contribution in [2.24, 2.45) is 5.92 Å². The molecule has 0 amide bonds. The molecule has 2 unspecified atom stereocenters. The lowest BCUT2D eigenvalue weighted by molar-refractivity contribution is -0.188. The minimum atomic E-state index is -1.25. The van der Waals surface area contributed by atoms with Gasteiger partial charge in [0.1, 0.15) is 17.1 Å². The first kappa shape index (κ1) is 22.9. The van der Waals surface area contributed by atoms with Crippen molar-refractivity contribution in [3.8, 4) is 11.5 Å². The van der Waals surface area contributed by atoms with Crippen LogP contribution in [-0.2, 0) is 20.7 Å². The number of ether oxygens (including phenoxy) is 2. The summed E-state index contributed by atoms with van der Waals surface area (Å²) in [6.07, 6.45) is -0.200. The lowest BCUT2D eigenvalue weighted by Gasteiger charge is -2.41. The topological polar surface area (TPSA) is 72.8 Å². The van der Waals surface area contributed by atoms with Gasteiger partial charge in [-0.15, -0.1) is 0 Å². The first-order valence-electron chi connectivity index (χ1n) is 10.9. The maximum atomic E-state index is 13.1. The third-order valence-electron chi connectivity index (χ3n) is 6.18. The Bertz CT molecular complexity index is 942. The van der Waals surface area contributed by atoms with E-state index in [0.29, 0.717) is 18.6 Å². The molecule has 2 aromatic carbocycles. The second kappa shape index (κ2) is 9.13. The van der Waals surface area contributed by atoms with Crippen molar-refractivity contribution in [2.75, 3.05) is 0 Å². The highest BCUT2D eigenvalue weighted by atomic mass is 16.6. The number of aryl methyl sites for hydroxylation is 2. The quantitative estimate of drug-likeness (QED) is 0.494. The van der Waals surface area contributed by atoms with Gasteiger partial charge < -0.3 is 14.6 Å². The zero-order valence-electron chi connectivity index (χ0n) is 19.0. The molecule has 1 N–H and O–H groups in total. The van der Waals surface area contributed by atoms with Crippen LogP contribution in [-0.4, -0.2) is 28.6 Å². The van der Waals surface area contributed by atoms with Crippen LogP contribution in [0, 0.1) is 12.8 Å². The standard InChI is InChI=1S/C26H32O5/c1-16(2)20-11-10-18(5)14-23(20)30-24-22(28)15-26(17(3)4,31-25(24)29)13-12-19-8-6-7-9-21(19)27/h6-11,14,16-17,24,27H,12-13,15H2,1-5H3. The minimum Gasteiger partial charge on any atom is -0.508 e. The number of carbonyl (C=O) groups excluding carboxylic acids is 2. The van der Waals surface area contributed by atoms with Gasteiger partial charge in [0.2, 0.25) is 0 Å². The van der Waals surface area contributed by atoms with E-state index >= 15 is 0 Å². The van der Waals surface area contributed by atoms with Gasteiger partial charge in [0.15, 0.2) is 5.78 Å². The Morgan fingerprint density at radius 2 is 1.84 bits per heavy atom. The molecule has 31 heavy (non-hydrogen) atoms. The number of cyclic esters (lactones) is 1. The Hall–Kier alpha value is -2.82. The van der Waals surface area contributed by atoms with E-state index in [4.69, 9.17) is 9.47 Å². The summed E-state index contributed by atoms with van der Waals surface area (Å²) < 4.78 is 11.9. The van der Waals surface area contributed by atoms with E-state index in [2.05, 4.69) is 0 Å². The van der Waals surface area contributed by atoms with E-state index < -0.39 is 17.7 Å². The second-order valence-corrected chi connectivity index (χ2v) is 9.11. The summed E-state index contributed by atoms with van der Waals surface area (Å²) in [7, 11) is 0. The molecule has 166 valence electrons. The number of hydrogen-bond donors (Lipinski definition) is 1. The van der Waals surface area contributed by atoms with Gasteiger partial charge in [-0.3, -0.25) is 4.79 Å². The summed E-state index contributed by atoms with van der Waals surface area (Å²) in [4.78, 5) is 26.1. The molecule has 2 atom stereocenters. The number of para-hydroxylation sites is 1. The highest BCUT2D eigenvalue weighted by Gasteiger charge is 2.49. The molecule has 1 heterocycles. The SMILES string of the molecule is Cc1ccc(C(C)C)c(OC2C(=O)CC(CCc3ccccc3O)(C(C)C)OC2=O)c1. The first-order valence-corrected chi connectivity index (χ1v) is 10.9. The van der Waals surface area contributed by atoms with Crippen molar-refractivity contribution >= 4 is 11.8 Å². The fourth-order valence-corrected chi connectivity index (χ4v) is 4.09. The normalized spacial score (nSPS) is 21.5. The Morgan fingerprint density at radius 3 is 2.45 bits per heavy atom. The van der Waals surface area contributed by atoms with E-state index in [1.807, 2.05) is 65.0 Å². The van der Waals surface area contributed by atoms with Crippen molar-refractivity contribution < 1.29 is 24.2 Å². The Kier molecular flexibility index (Phi) is 6.73. The van der Waals surface area contributed by atoms with Crippen molar-refractivity contribution in [1.29, 1.82) is 0 Å². The highest BCUT2D eigenvalue weighted by Crippen LogP contribution is 2.38. The maximum absolute atomic E-state index is 13.1. The molecule has 0 saturated carbocycles. The summed E-state index contributed by atoms with van der Waals surface area (Å²) in [5.74, 6) is -0.0128. The van der Waals surface area contributed by atoms with Gasteiger partial charge in [0, 0.05) is 0 Å². The highest BCUT2D eigenvalue weighted by molar-refractivity contribution is 6.04. The molecule has 0 spiro atoms. The molecule has 0 aliphatic carbocycles. The Balaban J connectivity index is 1.80. The molecule has 0 aromatic heterocycles. The fraction of sp³-hybridized carbons (Fsp3) is 0.462. The number of phenolic OH excluding ortho intramolecular Hbond substituents is 1. The molecular weight excluding hydrogens is 392 g/mol. The molecule has 3 rings (SSSR count). The van der Waals surface area contributed by atoms with Crippen LogP contribution in [0.5, 0.6) is 11.5 Å². The zero-order chi connectivity index (χ0) is 22.8. The number of benzene rings is 2. The van der Waals surface area contributed by atoms with Gasteiger partial charge in [-0.1, -0.05) is 58.0 Å². The summed E-state index contributed by atoms with van der Waals surface area (Å²) in [5.41, 5.74) is 1.80. The summed E-state index contributed by atoms with van der Waals surface area (Å²) in [5, 5.41) is 10.1. The lowest BCUT2D eigenvalue weighted by Crippen LogP contribution is -2.55. The van der Waals surface area contributed by atoms with Crippen LogP contribution in [0.15, 0.2) is 42.5 Å². The molecule has 1 saturated heterocycles. The number of rotatable bonds is 7. The summed E-state index contributed by atoms with van der Waals surface area (Å²) in [6, 6.07) is 12.9. The van der Waals surface area contributed by atoms with Crippen LogP contribution < -0.4 is 4.74 Å². The number of aromatic hydroxyl groups is 1. The molecule has 5 nitrogen and oxygen atoms in total. The lowest BCUT2D eigenvalue weighted by atomic mass is 9.78. The van der Waals surface area contributed by atoms with E-state index in [9.17, 15) is 14.7 Å². The number of ketones is 1. The van der Waals surface area contributed by atoms with E-state index in [0.717, 1.165) is 16.7 Å². The van der Waals surface area contributed by atoms with Crippen LogP contribution in [0.4, 0.5) is 0 Å². The third-order valence-corrected chi connectivity index (χ3v) is 6.18. The zero-order valence-corrected chi connectivity index (χ0v) is 19.0. The predicted molar refractivity (Wildman–Crippen MR) is 119 cm³/mol. The molecule has 0 radical (unpaired) electrons. The number of esters is 1. The number of hydrogen-bond acceptors (Lipinski definition) is 5. The second-order valence-electron chi connectivity index (χ2n) is 9.11. The van der Waals surface area contributed by atoms with Gasteiger partial charge >= 0.3 is 5.97 Å². The van der Waals surface area contributed by atoms with Gasteiger partial charge in [0.05, 0.1) is 6.42 Å². The Morgan fingerprint density at radius 1 is 1.13 bits per heavy atom. The van der Waals surface area contributed by atoms with Gasteiger partial charge in [-0.05, 0) is 60.4 Å². The average molecular weight is 425 g/mol. The molecule has 1 aliphatic rings. The average Bonchev–Trinajstić information content (AvgIpc) is 2.70. The van der Waals surface area contributed by atoms with Gasteiger partial charge in [-0.2, -0.15) is 0 Å². The largest absolute Gasteiger partial charge is 0.508 e. The molecule has 1 aliphatic heterocycles. The molecule has 5 heteroatoms. The molecule has 2 aromatic rings. The minimum absolute atomic E-state index is 0.0580. The van der Waals surface area contributed by atoms with Crippen molar-refractivity contribution in [1.82, 2.24) is 0 Å². The van der Waals surface area contributed by atoms with Crippen LogP contribution in [0.2, 0.25) is 0 Å². The van der Waals surface area contributed by atoms with E-state index in [1.165, 1.54) is 0 Å². The number of phenols is 1. The van der Waals surface area contributed by atoms with Crippen molar-refractivity contribution in [3.05, 3.63) is 59.2 Å². The number of Topliss-reactive ketones (excluding diaryl/α,β-unsaturated/α-hetero) is 1. The number of carbonyl (C=O) groups is 2. The predicted octanol–water partition coefficient (Wildman–Crippen LogP) is 5.12. The Labute approximate surface area is 184 Å². The molecule has 1 fully saturated rings. The van der Waals surface area contributed by atoms with Crippen molar-refractivity contribution in [2.45, 2.75) is 71.5 Å². The maximum Gasteiger partial charge on any atom is 0.355 e. The monoisotopic (exact) mass is 424 g/mol. The van der Waals surface area contributed by atoms with Crippen LogP contribution in [0.25, 0.3) is 0 Å². The van der Waals surface area contributed by atoms with Crippen LogP contribution in [0.1, 0.15) is 63.1 Å². The van der Waals surface area contributed by atoms with Crippen molar-refractivity contribution in [3.63, 3.8) is 0 Å². The summed E-state index contributed by atoms with van der Waals surface area (Å²) >= 11 is 0. The first-order chi connectivity index (χ1) is 14.6. The fourth-order valence-electron chi connectivity index (χ4n) is 4.09. The smallest absolute Gasteiger partial charge is 0.355 e. The summed E-state index contributed by atoms with van der Waals surface area (Å²) in [6.45, 7) is 9.93. The van der Waals surface area contributed by atoms with Gasteiger partial charge in [-0.25, -0.2) is 4.79 Å². The van der Waals surface area contributed by atoms with E-state index in [1.54, 1.807) is 12.1 Å². The molecule has 0 bridgehead atoms. The third kappa shape index (κ3) is 4.92. The van der Waals surface area contributed by atoms with Crippen LogP contribution in [0.3, 0.4) is 0 Å². The van der Waals surface area contributed by atoms with Gasteiger partial charge in [0.25, 0.3) is 6.10 Å². The molecular formula is C26H32O5. The van der Waals surface area contributed by atoms with Crippen LogP contribution >= 0.6 is 0 Å².